The maximum Gasteiger partial charge on any atom is 0.255 e. The smallest absolute Gasteiger partial charge is 0.255 e. The van der Waals surface area contributed by atoms with Crippen LogP contribution < -0.4 is 5.73 Å². The lowest BCUT2D eigenvalue weighted by Crippen LogP contribution is -2.69. The van der Waals surface area contributed by atoms with E-state index in [-0.39, 0.29) is 17.7 Å². The number of benzene rings is 1. The Labute approximate surface area is 189 Å². The van der Waals surface area contributed by atoms with Gasteiger partial charge in [-0.3, -0.25) is 19.3 Å². The number of rotatable bonds is 2. The molecule has 1 amide bonds. The summed E-state index contributed by atoms with van der Waals surface area (Å²) >= 11 is 4.39. The molecule has 0 aromatic heterocycles. The van der Waals surface area contributed by atoms with E-state index in [1.807, 2.05) is 0 Å². The first kappa shape index (κ1) is 22.5. The number of carbonyl (C=O) groups is 3. The van der Waals surface area contributed by atoms with E-state index in [4.69, 9.17) is 5.73 Å². The Morgan fingerprint density at radius 2 is 1.84 bits per heavy atom. The Morgan fingerprint density at radius 3 is 2.41 bits per heavy atom. The second-order valence-electron chi connectivity index (χ2n) is 8.85. The number of aliphatic hydroxyl groups is 3. The lowest BCUT2D eigenvalue weighted by atomic mass is 9.53. The number of allylic oxidation sites excluding steroid dienone is 1. The number of aliphatic hydroxyl groups excluding tert-OH is 2. The molecule has 0 spiro atoms. The van der Waals surface area contributed by atoms with Gasteiger partial charge in [0.25, 0.3) is 5.91 Å². The zero-order chi connectivity index (χ0) is 23.9. The Morgan fingerprint density at radius 1 is 1.22 bits per heavy atom. The highest BCUT2D eigenvalue weighted by atomic mass is 32.1. The monoisotopic (exact) mass is 460 g/mol. The topological polar surface area (TPSA) is 161 Å². The standard InChI is InChI=1S/C22H24N2O7S/c1-7-8-6-9-16(24(2)3)18(27)15(21(23)30)20(29)22(9,31)19(28)13(8)17(26)14-10(25)4-5-11(32)12(7)14/h4-5,8-9,13,16,19,25,28-29,31-32H,1,6H2,2-3H3,(H2,23,30)/t8?,9?,13?,16-,19?,22-/m0/s1. The minimum Gasteiger partial charge on any atom is -0.508 e. The molecule has 6 atom stereocenters. The van der Waals surface area contributed by atoms with Gasteiger partial charge in [-0.25, -0.2) is 0 Å². The van der Waals surface area contributed by atoms with Crippen molar-refractivity contribution in [2.75, 3.05) is 14.1 Å². The van der Waals surface area contributed by atoms with Crippen molar-refractivity contribution in [2.24, 2.45) is 23.5 Å². The number of Topliss-reactive ketones (excluding diaryl/α,β-unsaturated/α-hetero) is 2. The quantitative estimate of drug-likeness (QED) is 0.266. The largest absolute Gasteiger partial charge is 0.508 e. The van der Waals surface area contributed by atoms with Crippen molar-refractivity contribution in [1.29, 1.82) is 0 Å². The molecule has 3 aliphatic carbocycles. The normalized spacial score (nSPS) is 34.3. The molecule has 0 bridgehead atoms. The number of phenols is 1. The second kappa shape index (κ2) is 7.17. The second-order valence-corrected chi connectivity index (χ2v) is 9.33. The van der Waals surface area contributed by atoms with Gasteiger partial charge in [-0.15, -0.1) is 12.6 Å². The fraction of sp³-hybridized carbons (Fsp3) is 0.409. The Kier molecular flexibility index (Phi) is 5.05. The van der Waals surface area contributed by atoms with Gasteiger partial charge in [0.05, 0.1) is 17.5 Å². The average molecular weight is 461 g/mol. The number of fused-ring (bicyclic) bond motifs is 3. The van der Waals surface area contributed by atoms with Gasteiger partial charge in [-0.05, 0) is 44.1 Å². The molecule has 1 saturated carbocycles. The van der Waals surface area contributed by atoms with Gasteiger partial charge >= 0.3 is 0 Å². The first-order chi connectivity index (χ1) is 14.8. The molecule has 1 aromatic rings. The number of carbonyl (C=O) groups excluding carboxylic acids is 3. The predicted octanol–water partition coefficient (Wildman–Crippen LogP) is 0.0450. The molecule has 3 aliphatic rings. The summed E-state index contributed by atoms with van der Waals surface area (Å²) in [5.74, 6) is -7.12. The van der Waals surface area contributed by atoms with Crippen LogP contribution in [0.5, 0.6) is 5.75 Å². The number of amides is 1. The van der Waals surface area contributed by atoms with Gasteiger partial charge in [0.1, 0.15) is 23.2 Å². The molecule has 1 fully saturated rings. The van der Waals surface area contributed by atoms with Crippen LogP contribution in [0.4, 0.5) is 0 Å². The molecule has 10 heteroatoms. The average Bonchev–Trinajstić information content (AvgIpc) is 2.69. The summed E-state index contributed by atoms with van der Waals surface area (Å²) in [5, 5.41) is 44.0. The van der Waals surface area contributed by atoms with Crippen LogP contribution in [0.15, 0.2) is 34.9 Å². The van der Waals surface area contributed by atoms with Crippen molar-refractivity contribution < 1.29 is 34.8 Å². The van der Waals surface area contributed by atoms with Gasteiger partial charge in [-0.2, -0.15) is 0 Å². The fourth-order valence-electron chi connectivity index (χ4n) is 5.67. The molecule has 6 N–H and O–H groups in total. The highest BCUT2D eigenvalue weighted by Gasteiger charge is 2.66. The SMILES string of the molecule is C=C1c2c(S)ccc(O)c2C(=O)C2C1CC1[C@H](N(C)C)C(=O)C(C(N)=O)=C(O)[C@@]1(O)C2O. The number of phenolic OH excluding ortho intramolecular Hbond substituents is 1. The van der Waals surface area contributed by atoms with Crippen LogP contribution >= 0.6 is 12.6 Å². The van der Waals surface area contributed by atoms with Crippen molar-refractivity contribution >= 4 is 35.7 Å². The number of hydrogen-bond acceptors (Lipinski definition) is 9. The van der Waals surface area contributed by atoms with E-state index >= 15 is 0 Å². The van der Waals surface area contributed by atoms with E-state index in [1.165, 1.54) is 17.0 Å². The number of primary amides is 1. The van der Waals surface area contributed by atoms with Crippen molar-refractivity contribution in [3.63, 3.8) is 0 Å². The van der Waals surface area contributed by atoms with Crippen LogP contribution in [0, 0.1) is 17.8 Å². The van der Waals surface area contributed by atoms with Crippen molar-refractivity contribution in [2.45, 2.75) is 29.1 Å². The first-order valence-electron chi connectivity index (χ1n) is 9.98. The molecule has 0 aliphatic heterocycles. The molecule has 4 rings (SSSR count). The molecule has 1 aromatic carbocycles. The number of nitrogens with zero attached hydrogens (tertiary/aromatic N) is 1. The summed E-state index contributed by atoms with van der Waals surface area (Å²) in [6.07, 6.45) is -1.91. The van der Waals surface area contributed by atoms with Crippen molar-refractivity contribution in [1.82, 2.24) is 4.90 Å². The van der Waals surface area contributed by atoms with Crippen molar-refractivity contribution in [3.8, 4) is 5.75 Å². The van der Waals surface area contributed by atoms with E-state index in [9.17, 15) is 34.8 Å². The zero-order valence-corrected chi connectivity index (χ0v) is 18.3. The summed E-state index contributed by atoms with van der Waals surface area (Å²) in [5.41, 5.74) is 2.69. The fourth-order valence-corrected chi connectivity index (χ4v) is 6.00. The van der Waals surface area contributed by atoms with Crippen molar-refractivity contribution in [3.05, 3.63) is 41.2 Å². The van der Waals surface area contributed by atoms with Gasteiger partial charge in [0.2, 0.25) is 0 Å². The summed E-state index contributed by atoms with van der Waals surface area (Å²) < 4.78 is 0. The molecule has 170 valence electrons. The minimum atomic E-state index is -2.49. The molecule has 0 heterocycles. The van der Waals surface area contributed by atoms with E-state index < -0.39 is 64.3 Å². The molecular weight excluding hydrogens is 436 g/mol. The number of aromatic hydroxyl groups is 1. The lowest BCUT2D eigenvalue weighted by molar-refractivity contribution is -0.178. The number of thiol groups is 1. The number of ketones is 2. The van der Waals surface area contributed by atoms with E-state index in [0.717, 1.165) is 0 Å². The molecule has 0 radical (unpaired) electrons. The van der Waals surface area contributed by atoms with Crippen LogP contribution in [0.3, 0.4) is 0 Å². The molecule has 4 unspecified atom stereocenters. The van der Waals surface area contributed by atoms with Gasteiger partial charge in [-0.1, -0.05) is 6.58 Å². The molecule has 32 heavy (non-hydrogen) atoms. The highest BCUT2D eigenvalue weighted by Crippen LogP contribution is 2.56. The summed E-state index contributed by atoms with van der Waals surface area (Å²) in [7, 11) is 3.12. The Balaban J connectivity index is 1.97. The van der Waals surface area contributed by atoms with Crippen LogP contribution in [0.1, 0.15) is 22.3 Å². The summed E-state index contributed by atoms with van der Waals surface area (Å²) in [4.78, 5) is 40.3. The van der Waals surface area contributed by atoms with Crippen LogP contribution in [-0.2, 0) is 9.59 Å². The lowest BCUT2D eigenvalue weighted by Gasteiger charge is -2.55. The summed E-state index contributed by atoms with van der Waals surface area (Å²) in [6.45, 7) is 4.07. The van der Waals surface area contributed by atoms with Gasteiger partial charge in [0.15, 0.2) is 17.2 Å². The number of nitrogens with two attached hydrogens (primary N) is 1. The minimum absolute atomic E-state index is 0.00416. The molecule has 0 saturated heterocycles. The highest BCUT2D eigenvalue weighted by molar-refractivity contribution is 7.80. The van der Waals surface area contributed by atoms with Gasteiger partial charge in [0, 0.05) is 16.4 Å². The number of hydrogen-bond donors (Lipinski definition) is 6. The third-order valence-electron chi connectivity index (χ3n) is 7.09. The predicted molar refractivity (Wildman–Crippen MR) is 116 cm³/mol. The van der Waals surface area contributed by atoms with Crippen LogP contribution in [0.25, 0.3) is 5.57 Å². The zero-order valence-electron chi connectivity index (χ0n) is 17.4. The van der Waals surface area contributed by atoms with Crippen LogP contribution in [0.2, 0.25) is 0 Å². The Hall–Kier alpha value is -2.66. The van der Waals surface area contributed by atoms with E-state index in [2.05, 4.69) is 19.2 Å². The number of likely N-dealkylation sites (N-methyl/N-ethyl adjacent to an activating group) is 1. The third-order valence-corrected chi connectivity index (χ3v) is 7.46. The maximum atomic E-state index is 13.4. The molecular formula is C22H24N2O7S. The van der Waals surface area contributed by atoms with E-state index in [1.54, 1.807) is 14.1 Å². The van der Waals surface area contributed by atoms with E-state index in [0.29, 0.717) is 16.0 Å². The van der Waals surface area contributed by atoms with Crippen LogP contribution in [-0.4, -0.2) is 74.6 Å². The maximum absolute atomic E-state index is 13.4. The third kappa shape index (κ3) is 2.67. The molecule has 9 nitrogen and oxygen atoms in total. The van der Waals surface area contributed by atoms with Gasteiger partial charge < -0.3 is 26.2 Å². The Bertz CT molecular complexity index is 1130. The summed E-state index contributed by atoms with van der Waals surface area (Å²) in [6, 6.07) is 1.72. The first-order valence-corrected chi connectivity index (χ1v) is 10.4.